The normalized spacial score (nSPS) is 10.1. The van der Waals surface area contributed by atoms with Gasteiger partial charge in [0.05, 0.1) is 18.5 Å². The molecule has 5 heteroatoms. The van der Waals surface area contributed by atoms with Crippen LogP contribution in [0.3, 0.4) is 0 Å². The SMILES string of the molecule is CC.COc1ncc(-c2c(C)noc2C)cc1NCc1cccc(C)c1. The summed E-state index contributed by atoms with van der Waals surface area (Å²) < 4.78 is 10.6. The molecular weight excluding hydrogens is 326 g/mol. The van der Waals surface area contributed by atoms with Crippen LogP contribution in [0.4, 0.5) is 5.69 Å². The van der Waals surface area contributed by atoms with Crippen molar-refractivity contribution in [1.29, 1.82) is 0 Å². The zero-order valence-corrected chi connectivity index (χ0v) is 16.4. The Morgan fingerprint density at radius 3 is 2.50 bits per heavy atom. The maximum Gasteiger partial charge on any atom is 0.237 e. The first-order valence-corrected chi connectivity index (χ1v) is 8.85. The van der Waals surface area contributed by atoms with Crippen molar-refractivity contribution in [1.82, 2.24) is 10.1 Å². The van der Waals surface area contributed by atoms with Gasteiger partial charge >= 0.3 is 0 Å². The first-order chi connectivity index (χ1) is 12.6. The monoisotopic (exact) mass is 353 g/mol. The van der Waals surface area contributed by atoms with Crippen molar-refractivity contribution in [2.45, 2.75) is 41.2 Å². The highest BCUT2D eigenvalue weighted by molar-refractivity contribution is 5.72. The van der Waals surface area contributed by atoms with Gasteiger partial charge in [-0.2, -0.15) is 0 Å². The number of methoxy groups -OCH3 is 1. The fourth-order valence-electron chi connectivity index (χ4n) is 2.79. The minimum atomic E-state index is 0.568. The van der Waals surface area contributed by atoms with Gasteiger partial charge in [0.25, 0.3) is 0 Å². The number of benzene rings is 1. The quantitative estimate of drug-likeness (QED) is 0.673. The van der Waals surface area contributed by atoms with Gasteiger partial charge in [0.2, 0.25) is 5.88 Å². The lowest BCUT2D eigenvalue weighted by Crippen LogP contribution is -2.03. The molecule has 0 saturated carbocycles. The summed E-state index contributed by atoms with van der Waals surface area (Å²) in [5, 5.41) is 7.42. The number of pyridine rings is 1. The Morgan fingerprint density at radius 1 is 1.12 bits per heavy atom. The van der Waals surface area contributed by atoms with Crippen LogP contribution in [-0.4, -0.2) is 17.3 Å². The summed E-state index contributed by atoms with van der Waals surface area (Å²) in [6.45, 7) is 10.6. The molecule has 1 N–H and O–H groups in total. The summed E-state index contributed by atoms with van der Waals surface area (Å²) in [5.41, 5.74) is 6.08. The molecule has 0 spiro atoms. The Balaban J connectivity index is 0.00000117. The lowest BCUT2D eigenvalue weighted by Gasteiger charge is -2.12. The van der Waals surface area contributed by atoms with Crippen LogP contribution >= 0.6 is 0 Å². The minimum Gasteiger partial charge on any atom is -0.480 e. The Labute approximate surface area is 155 Å². The van der Waals surface area contributed by atoms with Crippen molar-refractivity contribution in [2.75, 3.05) is 12.4 Å². The lowest BCUT2D eigenvalue weighted by molar-refractivity contribution is 0.393. The number of ether oxygens (including phenoxy) is 1. The molecule has 26 heavy (non-hydrogen) atoms. The van der Waals surface area contributed by atoms with Gasteiger partial charge in [0.15, 0.2) is 0 Å². The zero-order chi connectivity index (χ0) is 19.1. The van der Waals surface area contributed by atoms with Gasteiger partial charge in [-0.15, -0.1) is 0 Å². The summed E-state index contributed by atoms with van der Waals surface area (Å²) in [6, 6.07) is 10.4. The minimum absolute atomic E-state index is 0.568. The van der Waals surface area contributed by atoms with Gasteiger partial charge in [-0.05, 0) is 32.4 Å². The molecule has 0 atom stereocenters. The van der Waals surface area contributed by atoms with E-state index in [-0.39, 0.29) is 0 Å². The molecule has 2 aromatic heterocycles. The zero-order valence-electron chi connectivity index (χ0n) is 16.4. The second-order valence-electron chi connectivity index (χ2n) is 5.82. The summed E-state index contributed by atoms with van der Waals surface area (Å²) in [4.78, 5) is 4.41. The maximum atomic E-state index is 5.38. The smallest absolute Gasteiger partial charge is 0.237 e. The van der Waals surface area contributed by atoms with Crippen molar-refractivity contribution in [3.63, 3.8) is 0 Å². The average molecular weight is 353 g/mol. The van der Waals surface area contributed by atoms with E-state index in [9.17, 15) is 0 Å². The molecular formula is C21H27N3O2. The molecule has 0 aliphatic heterocycles. The number of nitrogens with zero attached hydrogens (tertiary/aromatic N) is 2. The highest BCUT2D eigenvalue weighted by Crippen LogP contribution is 2.32. The molecule has 2 heterocycles. The first kappa shape index (κ1) is 19.5. The Morgan fingerprint density at radius 2 is 1.88 bits per heavy atom. The second kappa shape index (κ2) is 9.04. The molecule has 3 aromatic rings. The number of hydrogen-bond acceptors (Lipinski definition) is 5. The summed E-state index contributed by atoms with van der Waals surface area (Å²) in [7, 11) is 1.62. The molecule has 1 aromatic carbocycles. The fourth-order valence-corrected chi connectivity index (χ4v) is 2.79. The predicted molar refractivity (Wildman–Crippen MR) is 106 cm³/mol. The molecule has 3 rings (SSSR count). The van der Waals surface area contributed by atoms with Gasteiger partial charge in [-0.1, -0.05) is 48.8 Å². The van der Waals surface area contributed by atoms with Gasteiger partial charge in [-0.25, -0.2) is 4.98 Å². The van der Waals surface area contributed by atoms with E-state index >= 15 is 0 Å². The molecule has 138 valence electrons. The topological polar surface area (TPSA) is 60.2 Å². The van der Waals surface area contributed by atoms with E-state index in [1.807, 2.05) is 33.8 Å². The molecule has 0 aliphatic carbocycles. The van der Waals surface area contributed by atoms with Crippen LogP contribution in [0.25, 0.3) is 11.1 Å². The van der Waals surface area contributed by atoms with E-state index in [1.165, 1.54) is 11.1 Å². The van der Waals surface area contributed by atoms with Crippen LogP contribution in [-0.2, 0) is 6.54 Å². The van der Waals surface area contributed by atoms with Crippen LogP contribution in [0, 0.1) is 20.8 Å². The van der Waals surface area contributed by atoms with Crippen LogP contribution < -0.4 is 10.1 Å². The summed E-state index contributed by atoms with van der Waals surface area (Å²) in [6.07, 6.45) is 1.78. The third-order valence-corrected chi connectivity index (χ3v) is 3.93. The maximum absolute atomic E-state index is 5.38. The van der Waals surface area contributed by atoms with Gasteiger partial charge < -0.3 is 14.6 Å². The van der Waals surface area contributed by atoms with Gasteiger partial charge in [0, 0.05) is 23.9 Å². The van der Waals surface area contributed by atoms with E-state index in [4.69, 9.17) is 9.26 Å². The van der Waals surface area contributed by atoms with E-state index in [2.05, 4.69) is 46.6 Å². The molecule has 0 amide bonds. The Bertz CT molecular complexity index is 837. The third kappa shape index (κ3) is 4.42. The van der Waals surface area contributed by atoms with Crippen LogP contribution in [0.2, 0.25) is 0 Å². The van der Waals surface area contributed by atoms with Crippen molar-refractivity contribution in [3.8, 4) is 17.0 Å². The van der Waals surface area contributed by atoms with Crippen molar-refractivity contribution in [2.24, 2.45) is 0 Å². The molecule has 0 unspecified atom stereocenters. The number of aryl methyl sites for hydroxylation is 3. The number of nitrogens with one attached hydrogen (secondary N) is 1. The predicted octanol–water partition coefficient (Wildman–Crippen LogP) is 5.31. The van der Waals surface area contributed by atoms with Crippen molar-refractivity contribution >= 4 is 5.69 Å². The third-order valence-electron chi connectivity index (χ3n) is 3.93. The van der Waals surface area contributed by atoms with Crippen molar-refractivity contribution in [3.05, 3.63) is 59.1 Å². The fraction of sp³-hybridized carbons (Fsp3) is 0.333. The summed E-state index contributed by atoms with van der Waals surface area (Å²) >= 11 is 0. The van der Waals surface area contributed by atoms with E-state index in [1.54, 1.807) is 13.3 Å². The number of rotatable bonds is 5. The van der Waals surface area contributed by atoms with Crippen LogP contribution in [0.5, 0.6) is 5.88 Å². The standard InChI is InChI=1S/C19H21N3O2.C2H6/c1-12-6-5-7-15(8-12)10-20-17-9-16(11-21-19(17)23-4)18-13(2)22-24-14(18)3;1-2/h5-9,11,20H,10H2,1-4H3;1-2H3. The molecule has 0 bridgehead atoms. The van der Waals surface area contributed by atoms with Gasteiger partial charge in [-0.3, -0.25) is 0 Å². The van der Waals surface area contributed by atoms with Gasteiger partial charge in [0.1, 0.15) is 5.76 Å². The number of anilines is 1. The summed E-state index contributed by atoms with van der Waals surface area (Å²) in [5.74, 6) is 1.35. The largest absolute Gasteiger partial charge is 0.480 e. The second-order valence-corrected chi connectivity index (χ2v) is 5.82. The highest BCUT2D eigenvalue weighted by Gasteiger charge is 2.14. The highest BCUT2D eigenvalue weighted by atomic mass is 16.5. The number of aromatic nitrogens is 2. The number of hydrogen-bond donors (Lipinski definition) is 1. The molecule has 0 fully saturated rings. The first-order valence-electron chi connectivity index (χ1n) is 8.85. The van der Waals surface area contributed by atoms with E-state index < -0.39 is 0 Å². The van der Waals surface area contributed by atoms with Crippen LogP contribution in [0.1, 0.15) is 36.4 Å². The average Bonchev–Trinajstić information content (AvgIpc) is 3.00. The molecule has 5 nitrogen and oxygen atoms in total. The molecule has 0 saturated heterocycles. The van der Waals surface area contributed by atoms with E-state index in [0.717, 1.165) is 28.3 Å². The Hall–Kier alpha value is -2.82. The Kier molecular flexibility index (Phi) is 6.78. The molecule has 0 aliphatic rings. The van der Waals surface area contributed by atoms with Crippen LogP contribution in [0.15, 0.2) is 41.1 Å². The van der Waals surface area contributed by atoms with Crippen molar-refractivity contribution < 1.29 is 9.26 Å². The molecule has 0 radical (unpaired) electrons. The lowest BCUT2D eigenvalue weighted by atomic mass is 10.1. The van der Waals surface area contributed by atoms with E-state index in [0.29, 0.717) is 12.4 Å².